The van der Waals surface area contributed by atoms with Gasteiger partial charge in [-0.25, -0.2) is 13.1 Å². The Morgan fingerprint density at radius 3 is 2.14 bits per heavy atom. The minimum Gasteiger partial charge on any atom is -0.392 e. The Labute approximate surface area is 136 Å². The predicted octanol–water partition coefficient (Wildman–Crippen LogP) is 3.50. The molecular weight excluding hydrogens is 354 g/mol. The van der Waals surface area contributed by atoms with Gasteiger partial charge in [0.15, 0.2) is 0 Å². The zero-order valence-electron chi connectivity index (χ0n) is 13.0. The molecule has 120 valence electrons. The second-order valence-corrected chi connectivity index (χ2v) is 7.77. The molecule has 1 rings (SSSR count). The second-order valence-electron chi connectivity index (χ2n) is 5.33. The standard InChI is InChI=1S/C15H24BrNO3S/c1-5-15(6-2,7-3)17-21(19,20)13-9-12(10-18)8-11(4)14(13)16/h8-9,17-18H,5-7,10H2,1-4H3. The van der Waals surface area contributed by atoms with Crippen LogP contribution in [0.3, 0.4) is 0 Å². The van der Waals surface area contributed by atoms with Gasteiger partial charge in [0, 0.05) is 10.0 Å². The summed E-state index contributed by atoms with van der Waals surface area (Å²) in [6.07, 6.45) is 2.20. The van der Waals surface area contributed by atoms with Crippen molar-refractivity contribution in [3.05, 3.63) is 27.7 Å². The molecule has 21 heavy (non-hydrogen) atoms. The first-order valence-corrected chi connectivity index (χ1v) is 9.46. The predicted molar refractivity (Wildman–Crippen MR) is 88.7 cm³/mol. The van der Waals surface area contributed by atoms with Crippen molar-refractivity contribution in [2.45, 2.75) is 64.0 Å². The Hall–Kier alpha value is -0.430. The molecule has 4 nitrogen and oxygen atoms in total. The molecule has 0 bridgehead atoms. The van der Waals surface area contributed by atoms with Crippen LogP contribution in [-0.4, -0.2) is 19.1 Å². The first-order valence-electron chi connectivity index (χ1n) is 7.19. The summed E-state index contributed by atoms with van der Waals surface area (Å²) in [5.74, 6) is 0. The Morgan fingerprint density at radius 2 is 1.71 bits per heavy atom. The molecule has 0 unspecified atom stereocenters. The molecule has 0 aliphatic heterocycles. The van der Waals surface area contributed by atoms with E-state index >= 15 is 0 Å². The van der Waals surface area contributed by atoms with Crippen LogP contribution < -0.4 is 4.72 Å². The lowest BCUT2D eigenvalue weighted by Crippen LogP contribution is -2.47. The van der Waals surface area contributed by atoms with Gasteiger partial charge in [0.05, 0.1) is 11.5 Å². The van der Waals surface area contributed by atoms with Crippen molar-refractivity contribution >= 4 is 26.0 Å². The monoisotopic (exact) mass is 377 g/mol. The van der Waals surface area contributed by atoms with Crippen LogP contribution in [0.15, 0.2) is 21.5 Å². The van der Waals surface area contributed by atoms with Gasteiger partial charge in [0.2, 0.25) is 10.0 Å². The summed E-state index contributed by atoms with van der Waals surface area (Å²) in [5.41, 5.74) is 0.949. The minimum atomic E-state index is -3.65. The van der Waals surface area contributed by atoms with Crippen molar-refractivity contribution in [1.29, 1.82) is 0 Å². The third-order valence-corrected chi connectivity index (χ3v) is 7.05. The van der Waals surface area contributed by atoms with Crippen LogP contribution in [-0.2, 0) is 16.6 Å². The number of halogens is 1. The minimum absolute atomic E-state index is 0.183. The van der Waals surface area contributed by atoms with E-state index < -0.39 is 15.6 Å². The summed E-state index contributed by atoms with van der Waals surface area (Å²) in [7, 11) is -3.65. The van der Waals surface area contributed by atoms with Crippen molar-refractivity contribution in [3.8, 4) is 0 Å². The molecule has 1 aromatic rings. The zero-order valence-corrected chi connectivity index (χ0v) is 15.4. The lowest BCUT2D eigenvalue weighted by molar-refractivity contribution is 0.281. The number of hydrogen-bond donors (Lipinski definition) is 2. The molecule has 0 aliphatic rings. The fraction of sp³-hybridized carbons (Fsp3) is 0.600. The average Bonchev–Trinajstić information content (AvgIpc) is 2.47. The third-order valence-electron chi connectivity index (χ3n) is 4.13. The number of benzene rings is 1. The van der Waals surface area contributed by atoms with E-state index in [-0.39, 0.29) is 11.5 Å². The quantitative estimate of drug-likeness (QED) is 0.763. The molecule has 0 atom stereocenters. The van der Waals surface area contributed by atoms with E-state index in [0.717, 1.165) is 24.8 Å². The van der Waals surface area contributed by atoms with E-state index in [2.05, 4.69) is 20.7 Å². The lowest BCUT2D eigenvalue weighted by atomic mass is 9.91. The van der Waals surface area contributed by atoms with Gasteiger partial charge in [-0.15, -0.1) is 0 Å². The zero-order chi connectivity index (χ0) is 16.3. The van der Waals surface area contributed by atoms with Crippen LogP contribution in [0.5, 0.6) is 0 Å². The van der Waals surface area contributed by atoms with Crippen molar-refractivity contribution in [2.24, 2.45) is 0 Å². The molecule has 0 aliphatic carbocycles. The highest BCUT2D eigenvalue weighted by Gasteiger charge is 2.31. The van der Waals surface area contributed by atoms with Gasteiger partial charge in [-0.3, -0.25) is 0 Å². The molecule has 0 spiro atoms. The largest absolute Gasteiger partial charge is 0.392 e. The molecule has 0 heterocycles. The smallest absolute Gasteiger partial charge is 0.242 e. The van der Waals surface area contributed by atoms with E-state index in [9.17, 15) is 13.5 Å². The van der Waals surface area contributed by atoms with E-state index in [1.54, 1.807) is 6.07 Å². The highest BCUT2D eigenvalue weighted by molar-refractivity contribution is 9.10. The number of sulfonamides is 1. The lowest BCUT2D eigenvalue weighted by Gasteiger charge is -2.31. The molecule has 2 N–H and O–H groups in total. The highest BCUT2D eigenvalue weighted by atomic mass is 79.9. The molecule has 0 radical (unpaired) electrons. The summed E-state index contributed by atoms with van der Waals surface area (Å²) in [4.78, 5) is 0.186. The van der Waals surface area contributed by atoms with Gasteiger partial charge in [0.1, 0.15) is 0 Å². The van der Waals surface area contributed by atoms with Gasteiger partial charge >= 0.3 is 0 Å². The molecule has 0 saturated heterocycles. The maximum atomic E-state index is 12.7. The Morgan fingerprint density at radius 1 is 1.19 bits per heavy atom. The van der Waals surface area contributed by atoms with Gasteiger partial charge in [-0.2, -0.15) is 0 Å². The van der Waals surface area contributed by atoms with E-state index in [4.69, 9.17) is 0 Å². The summed E-state index contributed by atoms with van der Waals surface area (Å²) >= 11 is 3.35. The fourth-order valence-electron chi connectivity index (χ4n) is 2.40. The molecule has 1 aromatic carbocycles. The normalized spacial score (nSPS) is 12.7. The molecular formula is C15H24BrNO3S. The van der Waals surface area contributed by atoms with E-state index in [1.807, 2.05) is 27.7 Å². The van der Waals surface area contributed by atoms with E-state index in [1.165, 1.54) is 6.07 Å². The van der Waals surface area contributed by atoms with Crippen molar-refractivity contribution in [3.63, 3.8) is 0 Å². The van der Waals surface area contributed by atoms with Crippen molar-refractivity contribution < 1.29 is 13.5 Å². The van der Waals surface area contributed by atoms with Crippen molar-refractivity contribution in [1.82, 2.24) is 4.72 Å². The molecule has 0 aromatic heterocycles. The topological polar surface area (TPSA) is 66.4 Å². The van der Waals surface area contributed by atoms with Crippen LogP contribution in [0.25, 0.3) is 0 Å². The van der Waals surface area contributed by atoms with Gasteiger partial charge in [0.25, 0.3) is 0 Å². The Kier molecular flexibility index (Phi) is 6.40. The second kappa shape index (κ2) is 7.22. The highest BCUT2D eigenvalue weighted by Crippen LogP contribution is 2.30. The SMILES string of the molecule is CCC(CC)(CC)NS(=O)(=O)c1cc(CO)cc(C)c1Br. The maximum Gasteiger partial charge on any atom is 0.242 e. The summed E-state index contributed by atoms with van der Waals surface area (Å²) in [5, 5.41) is 9.28. The third kappa shape index (κ3) is 4.06. The first-order chi connectivity index (χ1) is 9.75. The molecule has 0 amide bonds. The van der Waals surface area contributed by atoms with E-state index in [0.29, 0.717) is 10.0 Å². The first kappa shape index (κ1) is 18.6. The van der Waals surface area contributed by atoms with Crippen LogP contribution in [0.1, 0.15) is 51.2 Å². The number of nitrogens with one attached hydrogen (secondary N) is 1. The fourth-order valence-corrected chi connectivity index (χ4v) is 5.09. The van der Waals surface area contributed by atoms with Gasteiger partial charge < -0.3 is 5.11 Å². The van der Waals surface area contributed by atoms with Crippen LogP contribution >= 0.6 is 15.9 Å². The van der Waals surface area contributed by atoms with Crippen LogP contribution in [0.4, 0.5) is 0 Å². The molecule has 0 saturated carbocycles. The number of rotatable bonds is 7. The van der Waals surface area contributed by atoms with Gasteiger partial charge in [-0.05, 0) is 59.3 Å². The maximum absolute atomic E-state index is 12.7. The summed E-state index contributed by atoms with van der Waals surface area (Å²) in [6, 6.07) is 3.29. The molecule has 6 heteroatoms. The van der Waals surface area contributed by atoms with Crippen molar-refractivity contribution in [2.75, 3.05) is 0 Å². The summed E-state index contributed by atoms with van der Waals surface area (Å²) < 4.78 is 28.9. The Balaban J connectivity index is 3.34. The van der Waals surface area contributed by atoms with Crippen LogP contribution in [0.2, 0.25) is 0 Å². The number of aliphatic hydroxyl groups excluding tert-OH is 1. The number of aryl methyl sites for hydroxylation is 1. The number of aliphatic hydroxyl groups is 1. The Bertz CT molecular complexity index is 587. The average molecular weight is 378 g/mol. The summed E-state index contributed by atoms with van der Waals surface area (Å²) in [6.45, 7) is 7.59. The molecule has 0 fully saturated rings. The number of hydrogen-bond acceptors (Lipinski definition) is 3. The van der Waals surface area contributed by atoms with Gasteiger partial charge in [-0.1, -0.05) is 26.8 Å². The van der Waals surface area contributed by atoms with Crippen LogP contribution in [0, 0.1) is 6.92 Å².